The summed E-state index contributed by atoms with van der Waals surface area (Å²) in [6.45, 7) is 0. The number of carbonyl (C=O) groups excluding carboxylic acids is 1. The first-order chi connectivity index (χ1) is 12.2. The molecule has 1 amide bonds. The van der Waals surface area contributed by atoms with Crippen molar-refractivity contribution in [2.45, 2.75) is 25.3 Å². The van der Waals surface area contributed by atoms with Crippen molar-refractivity contribution in [2.75, 3.05) is 7.05 Å². The van der Waals surface area contributed by atoms with Crippen molar-refractivity contribution in [3.05, 3.63) is 71.9 Å². The summed E-state index contributed by atoms with van der Waals surface area (Å²) >= 11 is 0. The second-order valence-corrected chi connectivity index (χ2v) is 6.30. The maximum absolute atomic E-state index is 12.9. The molecule has 0 unspecified atom stereocenters. The average Bonchev–Trinajstić information content (AvgIpc) is 3.21. The number of amides is 1. The van der Waals surface area contributed by atoms with Crippen LogP contribution in [0, 0.1) is 0 Å². The van der Waals surface area contributed by atoms with Gasteiger partial charge in [0.15, 0.2) is 0 Å². The molecule has 0 spiro atoms. The Hall–Kier alpha value is -3.02. The lowest BCUT2D eigenvalue weighted by atomic mass is 9.87. The molecule has 0 aliphatic heterocycles. The number of benzene rings is 1. The minimum atomic E-state index is -0.00971. The molecule has 2 aromatic heterocycles. The highest BCUT2D eigenvalue weighted by atomic mass is 16.2. The van der Waals surface area contributed by atoms with Gasteiger partial charge in [-0.2, -0.15) is 0 Å². The van der Waals surface area contributed by atoms with Crippen LogP contribution >= 0.6 is 0 Å². The number of carbonyl (C=O) groups is 1. The van der Waals surface area contributed by atoms with Gasteiger partial charge in [-0.15, -0.1) is 10.2 Å². The minimum Gasteiger partial charge on any atom is -0.335 e. The lowest BCUT2D eigenvalue weighted by molar-refractivity contribution is 0.0714. The van der Waals surface area contributed by atoms with Crippen molar-refractivity contribution in [3.8, 4) is 5.82 Å². The fraction of sp³-hybridized carbons (Fsp3) is 0.263. The summed E-state index contributed by atoms with van der Waals surface area (Å²) in [5.74, 6) is 0.678. The molecule has 3 aromatic rings. The topological polar surface area (TPSA) is 63.9 Å². The lowest BCUT2D eigenvalue weighted by Gasteiger charge is -2.33. The van der Waals surface area contributed by atoms with Gasteiger partial charge in [0.1, 0.15) is 18.5 Å². The Bertz CT molecular complexity index is 873. The van der Waals surface area contributed by atoms with Crippen molar-refractivity contribution in [1.82, 2.24) is 24.6 Å². The predicted octanol–water partition coefficient (Wildman–Crippen LogP) is 2.81. The highest BCUT2D eigenvalue weighted by Gasteiger charge is 2.27. The lowest BCUT2D eigenvalue weighted by Crippen LogP contribution is -2.33. The average molecular weight is 333 g/mol. The zero-order chi connectivity index (χ0) is 17.2. The number of aromatic nitrogens is 4. The summed E-state index contributed by atoms with van der Waals surface area (Å²) in [6, 6.07) is 12.1. The zero-order valence-corrected chi connectivity index (χ0v) is 14.0. The Balaban J connectivity index is 1.57. The van der Waals surface area contributed by atoms with E-state index in [-0.39, 0.29) is 11.9 Å². The maximum atomic E-state index is 12.9. The number of nitrogens with zero attached hydrogens (tertiary/aromatic N) is 5. The molecule has 0 saturated carbocycles. The van der Waals surface area contributed by atoms with Gasteiger partial charge in [-0.05, 0) is 42.5 Å². The predicted molar refractivity (Wildman–Crippen MR) is 93.4 cm³/mol. The SMILES string of the molecule is CN(C(=O)c1ccc(-n2cnnc2)nc1)[C@@H]1CCCc2ccccc21. The number of aryl methyl sites for hydroxylation is 1. The van der Waals surface area contributed by atoms with E-state index in [9.17, 15) is 4.79 Å². The molecular formula is C19H19N5O. The number of hydrogen-bond acceptors (Lipinski definition) is 4. The van der Waals surface area contributed by atoms with E-state index >= 15 is 0 Å². The number of pyridine rings is 1. The van der Waals surface area contributed by atoms with Crippen molar-refractivity contribution in [2.24, 2.45) is 0 Å². The van der Waals surface area contributed by atoms with Gasteiger partial charge in [0.25, 0.3) is 5.91 Å². The van der Waals surface area contributed by atoms with Crippen LogP contribution in [0.1, 0.15) is 40.4 Å². The van der Waals surface area contributed by atoms with Crippen LogP contribution in [0.2, 0.25) is 0 Å². The van der Waals surface area contributed by atoms with Crippen LogP contribution < -0.4 is 0 Å². The molecule has 1 aliphatic carbocycles. The third-order valence-electron chi connectivity index (χ3n) is 4.80. The summed E-state index contributed by atoms with van der Waals surface area (Å²) in [5, 5.41) is 7.53. The van der Waals surface area contributed by atoms with E-state index in [1.165, 1.54) is 11.1 Å². The first kappa shape index (κ1) is 15.5. The molecule has 0 fully saturated rings. The smallest absolute Gasteiger partial charge is 0.255 e. The highest BCUT2D eigenvalue weighted by Crippen LogP contribution is 2.34. The van der Waals surface area contributed by atoms with E-state index in [2.05, 4.69) is 33.4 Å². The van der Waals surface area contributed by atoms with Gasteiger partial charge in [0, 0.05) is 13.2 Å². The summed E-state index contributed by atoms with van der Waals surface area (Å²) in [7, 11) is 1.88. The largest absolute Gasteiger partial charge is 0.335 e. The molecule has 0 N–H and O–H groups in total. The maximum Gasteiger partial charge on any atom is 0.255 e. The van der Waals surface area contributed by atoms with Crippen LogP contribution in [0.5, 0.6) is 0 Å². The first-order valence-corrected chi connectivity index (χ1v) is 8.40. The van der Waals surface area contributed by atoms with E-state index in [0.29, 0.717) is 11.4 Å². The molecule has 25 heavy (non-hydrogen) atoms. The van der Waals surface area contributed by atoms with Gasteiger partial charge in [0.05, 0.1) is 11.6 Å². The summed E-state index contributed by atoms with van der Waals surface area (Å²) in [6.07, 6.45) is 7.95. The normalized spacial score (nSPS) is 16.3. The Morgan fingerprint density at radius 3 is 2.72 bits per heavy atom. The van der Waals surface area contributed by atoms with Crippen molar-refractivity contribution < 1.29 is 4.79 Å². The highest BCUT2D eigenvalue weighted by molar-refractivity contribution is 5.94. The van der Waals surface area contributed by atoms with E-state index in [0.717, 1.165) is 19.3 Å². The van der Waals surface area contributed by atoms with Crippen LogP contribution in [0.25, 0.3) is 5.82 Å². The molecule has 1 atom stereocenters. The Morgan fingerprint density at radius 2 is 1.96 bits per heavy atom. The minimum absolute atomic E-state index is 0.00971. The molecule has 1 aliphatic rings. The Morgan fingerprint density at radius 1 is 1.16 bits per heavy atom. The summed E-state index contributed by atoms with van der Waals surface area (Å²) in [4.78, 5) is 19.1. The van der Waals surface area contributed by atoms with Crippen molar-refractivity contribution in [3.63, 3.8) is 0 Å². The molecule has 0 saturated heterocycles. The number of hydrogen-bond donors (Lipinski definition) is 0. The van der Waals surface area contributed by atoms with Crippen LogP contribution in [0.3, 0.4) is 0 Å². The monoisotopic (exact) mass is 333 g/mol. The van der Waals surface area contributed by atoms with E-state index < -0.39 is 0 Å². The van der Waals surface area contributed by atoms with Crippen LogP contribution in [-0.2, 0) is 6.42 Å². The number of fused-ring (bicyclic) bond motifs is 1. The van der Waals surface area contributed by atoms with Crippen molar-refractivity contribution >= 4 is 5.91 Å². The van der Waals surface area contributed by atoms with Gasteiger partial charge in [0.2, 0.25) is 0 Å². The second kappa shape index (κ2) is 6.47. The molecule has 0 radical (unpaired) electrons. The standard InChI is InChI=1S/C19H19N5O/c1-23(17-8-4-6-14-5-2-3-7-16(14)17)19(25)15-9-10-18(20-11-15)24-12-21-22-13-24/h2-3,5,7,9-13,17H,4,6,8H2,1H3/t17-/m1/s1. The van der Waals surface area contributed by atoms with Gasteiger partial charge >= 0.3 is 0 Å². The van der Waals surface area contributed by atoms with Crippen molar-refractivity contribution in [1.29, 1.82) is 0 Å². The fourth-order valence-corrected chi connectivity index (χ4v) is 3.46. The molecule has 2 heterocycles. The first-order valence-electron chi connectivity index (χ1n) is 8.40. The second-order valence-electron chi connectivity index (χ2n) is 6.30. The quantitative estimate of drug-likeness (QED) is 0.739. The van der Waals surface area contributed by atoms with E-state index in [1.807, 2.05) is 18.0 Å². The molecule has 6 nitrogen and oxygen atoms in total. The molecule has 6 heteroatoms. The van der Waals surface area contributed by atoms with Gasteiger partial charge in [-0.3, -0.25) is 9.36 Å². The summed E-state index contributed by atoms with van der Waals surface area (Å²) < 4.78 is 1.70. The van der Waals surface area contributed by atoms with Gasteiger partial charge in [-0.25, -0.2) is 4.98 Å². The third-order valence-corrected chi connectivity index (χ3v) is 4.80. The van der Waals surface area contributed by atoms with Gasteiger partial charge in [-0.1, -0.05) is 24.3 Å². The molecular weight excluding hydrogens is 314 g/mol. The van der Waals surface area contributed by atoms with Crippen LogP contribution in [0.15, 0.2) is 55.2 Å². The molecule has 4 rings (SSSR count). The Labute approximate surface area is 146 Å². The molecule has 0 bridgehead atoms. The van der Waals surface area contributed by atoms with E-state index in [1.54, 1.807) is 35.6 Å². The Kier molecular flexibility index (Phi) is 4.01. The summed E-state index contributed by atoms with van der Waals surface area (Å²) in [5.41, 5.74) is 3.19. The van der Waals surface area contributed by atoms with E-state index in [4.69, 9.17) is 0 Å². The fourth-order valence-electron chi connectivity index (χ4n) is 3.46. The molecule has 126 valence electrons. The zero-order valence-electron chi connectivity index (χ0n) is 14.0. The van der Waals surface area contributed by atoms with Crippen LogP contribution in [-0.4, -0.2) is 37.6 Å². The third kappa shape index (κ3) is 2.91. The number of rotatable bonds is 3. The van der Waals surface area contributed by atoms with Gasteiger partial charge < -0.3 is 4.90 Å². The van der Waals surface area contributed by atoms with Crippen LogP contribution in [0.4, 0.5) is 0 Å². The molecule has 1 aromatic carbocycles.